The normalized spacial score (nSPS) is 15.9. The molecule has 1 aromatic rings. The maximum atomic E-state index is 5.69. The highest BCUT2D eigenvalue weighted by molar-refractivity contribution is 5.57. The molecular weight excluding hydrogens is 200 g/mol. The van der Waals surface area contributed by atoms with Crippen molar-refractivity contribution >= 4 is 5.69 Å². The predicted molar refractivity (Wildman–Crippen MR) is 66.9 cm³/mol. The van der Waals surface area contributed by atoms with Crippen molar-refractivity contribution in [2.24, 2.45) is 5.73 Å². The number of anilines is 1. The van der Waals surface area contributed by atoms with E-state index in [2.05, 4.69) is 36.9 Å². The first-order valence-electron chi connectivity index (χ1n) is 5.84. The molecule has 88 valence electrons. The predicted octanol–water partition coefficient (Wildman–Crippen LogP) is 1.47. The van der Waals surface area contributed by atoms with E-state index in [1.165, 1.54) is 16.8 Å². The zero-order valence-electron chi connectivity index (χ0n) is 10.1. The number of benzene rings is 1. The van der Waals surface area contributed by atoms with Crippen LogP contribution in [-0.4, -0.2) is 32.3 Å². The molecule has 0 bridgehead atoms. The van der Waals surface area contributed by atoms with Gasteiger partial charge in [-0.1, -0.05) is 12.1 Å². The summed E-state index contributed by atoms with van der Waals surface area (Å²) in [7, 11) is 0. The van der Waals surface area contributed by atoms with Crippen molar-refractivity contribution in [1.29, 1.82) is 0 Å². The van der Waals surface area contributed by atoms with Gasteiger partial charge in [-0.3, -0.25) is 0 Å². The first-order chi connectivity index (χ1) is 7.74. The van der Waals surface area contributed by atoms with Crippen molar-refractivity contribution in [2.75, 3.05) is 31.2 Å². The van der Waals surface area contributed by atoms with Gasteiger partial charge in [0.25, 0.3) is 0 Å². The summed E-state index contributed by atoms with van der Waals surface area (Å²) in [6, 6.07) is 6.94. The SMILES string of the molecule is Cc1cccc(N(CCN)C2COC2)c1C. The Morgan fingerprint density at radius 2 is 2.12 bits per heavy atom. The Labute approximate surface area is 97.2 Å². The number of hydrogen-bond donors (Lipinski definition) is 1. The van der Waals surface area contributed by atoms with Crippen LogP contribution in [0.4, 0.5) is 5.69 Å². The van der Waals surface area contributed by atoms with Crippen LogP contribution in [0.5, 0.6) is 0 Å². The maximum Gasteiger partial charge on any atom is 0.0757 e. The molecule has 1 saturated heterocycles. The molecule has 1 heterocycles. The first-order valence-corrected chi connectivity index (χ1v) is 5.84. The van der Waals surface area contributed by atoms with Crippen molar-refractivity contribution in [2.45, 2.75) is 19.9 Å². The molecule has 0 amide bonds. The lowest BCUT2D eigenvalue weighted by atomic mass is 10.1. The Kier molecular flexibility index (Phi) is 3.46. The molecule has 3 nitrogen and oxygen atoms in total. The summed E-state index contributed by atoms with van der Waals surface area (Å²) in [5.41, 5.74) is 9.68. The summed E-state index contributed by atoms with van der Waals surface area (Å²) < 4.78 is 5.27. The highest BCUT2D eigenvalue weighted by atomic mass is 16.5. The lowest BCUT2D eigenvalue weighted by Gasteiger charge is -2.39. The average molecular weight is 220 g/mol. The van der Waals surface area contributed by atoms with Gasteiger partial charge in [0.05, 0.1) is 19.3 Å². The van der Waals surface area contributed by atoms with Gasteiger partial charge < -0.3 is 15.4 Å². The Bertz CT molecular complexity index is 361. The van der Waals surface area contributed by atoms with E-state index in [0.29, 0.717) is 12.6 Å². The quantitative estimate of drug-likeness (QED) is 0.835. The van der Waals surface area contributed by atoms with Gasteiger partial charge in [-0.2, -0.15) is 0 Å². The van der Waals surface area contributed by atoms with Gasteiger partial charge in [0.1, 0.15) is 0 Å². The number of ether oxygens (including phenoxy) is 1. The van der Waals surface area contributed by atoms with Crippen LogP contribution >= 0.6 is 0 Å². The highest BCUT2D eigenvalue weighted by Crippen LogP contribution is 2.26. The van der Waals surface area contributed by atoms with Crippen molar-refractivity contribution in [3.8, 4) is 0 Å². The summed E-state index contributed by atoms with van der Waals surface area (Å²) in [5.74, 6) is 0. The molecule has 16 heavy (non-hydrogen) atoms. The molecule has 0 saturated carbocycles. The number of hydrogen-bond acceptors (Lipinski definition) is 3. The van der Waals surface area contributed by atoms with Crippen LogP contribution in [0.25, 0.3) is 0 Å². The zero-order chi connectivity index (χ0) is 11.5. The van der Waals surface area contributed by atoms with Gasteiger partial charge >= 0.3 is 0 Å². The number of aryl methyl sites for hydroxylation is 1. The van der Waals surface area contributed by atoms with Crippen LogP contribution in [0.15, 0.2) is 18.2 Å². The van der Waals surface area contributed by atoms with E-state index < -0.39 is 0 Å². The minimum absolute atomic E-state index is 0.504. The monoisotopic (exact) mass is 220 g/mol. The molecule has 1 aliphatic rings. The molecule has 2 N–H and O–H groups in total. The fraction of sp³-hybridized carbons (Fsp3) is 0.538. The second-order valence-corrected chi connectivity index (χ2v) is 4.39. The van der Waals surface area contributed by atoms with Crippen LogP contribution < -0.4 is 10.6 Å². The molecule has 0 atom stereocenters. The Morgan fingerprint density at radius 1 is 1.38 bits per heavy atom. The summed E-state index contributed by atoms with van der Waals surface area (Å²) >= 11 is 0. The Morgan fingerprint density at radius 3 is 2.69 bits per heavy atom. The Balaban J connectivity index is 2.26. The summed E-state index contributed by atoms with van der Waals surface area (Å²) in [6.45, 7) is 7.56. The van der Waals surface area contributed by atoms with Gasteiger partial charge in [-0.05, 0) is 31.0 Å². The molecule has 0 unspecified atom stereocenters. The van der Waals surface area contributed by atoms with E-state index in [0.717, 1.165) is 19.8 Å². The second-order valence-electron chi connectivity index (χ2n) is 4.39. The molecule has 0 aromatic heterocycles. The zero-order valence-corrected chi connectivity index (χ0v) is 10.1. The van der Waals surface area contributed by atoms with E-state index in [1.807, 2.05) is 0 Å². The van der Waals surface area contributed by atoms with Crippen LogP contribution in [0.2, 0.25) is 0 Å². The Hall–Kier alpha value is -1.06. The largest absolute Gasteiger partial charge is 0.377 e. The van der Waals surface area contributed by atoms with Crippen LogP contribution in [0, 0.1) is 13.8 Å². The third-order valence-electron chi connectivity index (χ3n) is 3.32. The van der Waals surface area contributed by atoms with E-state index in [-0.39, 0.29) is 0 Å². The van der Waals surface area contributed by atoms with Crippen molar-refractivity contribution < 1.29 is 4.74 Å². The van der Waals surface area contributed by atoms with Gasteiger partial charge in [0, 0.05) is 18.8 Å². The summed E-state index contributed by atoms with van der Waals surface area (Å²) in [6.07, 6.45) is 0. The minimum Gasteiger partial charge on any atom is -0.377 e. The lowest BCUT2D eigenvalue weighted by molar-refractivity contribution is 0.00827. The van der Waals surface area contributed by atoms with Crippen molar-refractivity contribution in [1.82, 2.24) is 0 Å². The minimum atomic E-state index is 0.504. The second kappa shape index (κ2) is 4.85. The smallest absolute Gasteiger partial charge is 0.0757 e. The number of nitrogens with zero attached hydrogens (tertiary/aromatic N) is 1. The van der Waals surface area contributed by atoms with Gasteiger partial charge in [0.2, 0.25) is 0 Å². The summed E-state index contributed by atoms with van der Waals surface area (Å²) in [4.78, 5) is 2.38. The third kappa shape index (κ3) is 2.06. The van der Waals surface area contributed by atoms with E-state index in [1.54, 1.807) is 0 Å². The molecular formula is C13H20N2O. The highest BCUT2D eigenvalue weighted by Gasteiger charge is 2.26. The molecule has 0 aliphatic carbocycles. The van der Waals surface area contributed by atoms with Crippen LogP contribution in [-0.2, 0) is 4.74 Å². The fourth-order valence-electron chi connectivity index (χ4n) is 2.09. The third-order valence-corrected chi connectivity index (χ3v) is 3.32. The molecule has 0 spiro atoms. The maximum absolute atomic E-state index is 5.69. The lowest BCUT2D eigenvalue weighted by Crippen LogP contribution is -2.51. The van der Waals surface area contributed by atoms with Gasteiger partial charge in [-0.15, -0.1) is 0 Å². The molecule has 1 fully saturated rings. The average Bonchev–Trinajstić information content (AvgIpc) is 2.19. The molecule has 1 aliphatic heterocycles. The standard InChI is InChI=1S/C13H20N2O/c1-10-4-3-5-13(11(10)2)15(7-6-14)12-8-16-9-12/h3-5,12H,6-9,14H2,1-2H3. The first kappa shape index (κ1) is 11.4. The van der Waals surface area contributed by atoms with Gasteiger partial charge in [-0.25, -0.2) is 0 Å². The van der Waals surface area contributed by atoms with E-state index in [4.69, 9.17) is 10.5 Å². The number of nitrogens with two attached hydrogens (primary N) is 1. The summed E-state index contributed by atoms with van der Waals surface area (Å²) in [5, 5.41) is 0. The molecule has 1 aromatic carbocycles. The van der Waals surface area contributed by atoms with Crippen LogP contribution in [0.3, 0.4) is 0 Å². The topological polar surface area (TPSA) is 38.5 Å². The van der Waals surface area contributed by atoms with Crippen molar-refractivity contribution in [3.05, 3.63) is 29.3 Å². The number of rotatable bonds is 4. The van der Waals surface area contributed by atoms with E-state index in [9.17, 15) is 0 Å². The van der Waals surface area contributed by atoms with E-state index >= 15 is 0 Å². The molecule has 0 radical (unpaired) electrons. The molecule has 3 heteroatoms. The molecule has 2 rings (SSSR count). The fourth-order valence-corrected chi connectivity index (χ4v) is 2.09. The van der Waals surface area contributed by atoms with Crippen molar-refractivity contribution in [3.63, 3.8) is 0 Å². The van der Waals surface area contributed by atoms with Gasteiger partial charge in [0.15, 0.2) is 0 Å². The van der Waals surface area contributed by atoms with Crippen LogP contribution in [0.1, 0.15) is 11.1 Å².